The number of rotatable bonds is 3. The fraction of sp³-hybridized carbons (Fsp3) is 0.429. The number of aromatic nitrogens is 3. The van der Waals surface area contributed by atoms with E-state index in [4.69, 9.17) is 4.74 Å². The molecule has 0 amide bonds. The van der Waals surface area contributed by atoms with Crippen LogP contribution in [0.1, 0.15) is 37.3 Å². The van der Waals surface area contributed by atoms with Crippen LogP contribution in [0.15, 0.2) is 30.6 Å². The van der Waals surface area contributed by atoms with Gasteiger partial charge < -0.3 is 10.1 Å². The minimum Gasteiger partial charge on any atom is -0.493 e. The molecule has 3 atom stereocenters. The number of fused-ring (bicyclic) bond motifs is 1. The van der Waals surface area contributed by atoms with Gasteiger partial charge in [-0.15, -0.1) is 0 Å². The highest BCUT2D eigenvalue weighted by Gasteiger charge is 2.29. The van der Waals surface area contributed by atoms with Crippen molar-refractivity contribution >= 4 is 0 Å². The highest BCUT2D eigenvalue weighted by molar-refractivity contribution is 5.38. The van der Waals surface area contributed by atoms with E-state index >= 15 is 0 Å². The molecule has 100 valence electrons. The maximum absolute atomic E-state index is 5.76. The Kier molecular flexibility index (Phi) is 3.21. The Bertz CT molecular complexity index is 540. The number of nitrogens with one attached hydrogen (secondary N) is 2. The third kappa shape index (κ3) is 2.33. The van der Waals surface area contributed by atoms with E-state index in [9.17, 15) is 0 Å². The number of nitrogens with zero attached hydrogens (tertiary/aromatic N) is 2. The highest BCUT2D eigenvalue weighted by Crippen LogP contribution is 2.36. The molecule has 2 aromatic rings. The fourth-order valence-corrected chi connectivity index (χ4v) is 2.52. The number of aromatic amines is 1. The molecule has 0 spiro atoms. The van der Waals surface area contributed by atoms with Gasteiger partial charge in [-0.1, -0.05) is 25.1 Å². The molecule has 3 rings (SSSR count). The van der Waals surface area contributed by atoms with Gasteiger partial charge in [0.15, 0.2) is 0 Å². The van der Waals surface area contributed by atoms with Gasteiger partial charge in [0.2, 0.25) is 0 Å². The number of H-pyrrole nitrogens is 1. The van der Waals surface area contributed by atoms with Gasteiger partial charge in [-0.05, 0) is 13.0 Å². The number of benzene rings is 1. The molecule has 2 heterocycles. The van der Waals surface area contributed by atoms with Gasteiger partial charge in [0.1, 0.15) is 17.9 Å². The van der Waals surface area contributed by atoms with Gasteiger partial charge in [-0.3, -0.25) is 5.10 Å². The van der Waals surface area contributed by atoms with E-state index in [0.717, 1.165) is 18.2 Å². The van der Waals surface area contributed by atoms with Crippen LogP contribution in [0.25, 0.3) is 0 Å². The molecular formula is C14H18N4O. The van der Waals surface area contributed by atoms with Crippen molar-refractivity contribution in [2.45, 2.75) is 25.9 Å². The van der Waals surface area contributed by atoms with Crippen LogP contribution in [-0.4, -0.2) is 21.8 Å². The van der Waals surface area contributed by atoms with Crippen molar-refractivity contribution in [1.29, 1.82) is 0 Å². The number of hydrogen-bond acceptors (Lipinski definition) is 4. The summed E-state index contributed by atoms with van der Waals surface area (Å²) in [5.41, 5.74) is 1.22. The van der Waals surface area contributed by atoms with E-state index in [0.29, 0.717) is 5.92 Å². The summed E-state index contributed by atoms with van der Waals surface area (Å²) in [6, 6.07) is 8.59. The summed E-state index contributed by atoms with van der Waals surface area (Å²) in [6.45, 7) is 5.02. The summed E-state index contributed by atoms with van der Waals surface area (Å²) in [5, 5.41) is 10.4. The normalized spacial score (nSPS) is 23.5. The molecule has 1 aromatic carbocycles. The van der Waals surface area contributed by atoms with E-state index in [1.54, 1.807) is 0 Å². The van der Waals surface area contributed by atoms with Crippen LogP contribution in [-0.2, 0) is 0 Å². The van der Waals surface area contributed by atoms with E-state index in [1.807, 2.05) is 18.2 Å². The SMILES string of the molecule is CC(NC1c2ccccc2OCC1C)c1ncn[nH]1. The van der Waals surface area contributed by atoms with Crippen molar-refractivity contribution in [2.24, 2.45) is 5.92 Å². The first kappa shape index (κ1) is 12.2. The first-order chi connectivity index (χ1) is 9.25. The molecule has 2 N–H and O–H groups in total. The Morgan fingerprint density at radius 3 is 3.05 bits per heavy atom. The molecule has 0 saturated heterocycles. The number of hydrogen-bond donors (Lipinski definition) is 2. The molecule has 19 heavy (non-hydrogen) atoms. The molecule has 0 fully saturated rings. The third-order valence-corrected chi connectivity index (χ3v) is 3.60. The predicted octanol–water partition coefficient (Wildman–Crippen LogP) is 2.23. The zero-order valence-corrected chi connectivity index (χ0v) is 11.1. The van der Waals surface area contributed by atoms with Crippen molar-refractivity contribution in [2.75, 3.05) is 6.61 Å². The molecule has 0 bridgehead atoms. The molecular weight excluding hydrogens is 240 g/mol. The van der Waals surface area contributed by atoms with E-state index < -0.39 is 0 Å². The first-order valence-corrected chi connectivity index (χ1v) is 6.58. The van der Waals surface area contributed by atoms with Crippen LogP contribution in [0.4, 0.5) is 0 Å². The fourth-order valence-electron chi connectivity index (χ4n) is 2.52. The molecule has 0 radical (unpaired) electrons. The van der Waals surface area contributed by atoms with Crippen molar-refractivity contribution in [1.82, 2.24) is 20.5 Å². The summed E-state index contributed by atoms with van der Waals surface area (Å²) in [6.07, 6.45) is 1.54. The van der Waals surface area contributed by atoms with E-state index in [-0.39, 0.29) is 12.1 Å². The molecule has 1 aliphatic rings. The topological polar surface area (TPSA) is 62.8 Å². The maximum atomic E-state index is 5.76. The van der Waals surface area contributed by atoms with Gasteiger partial charge in [0.25, 0.3) is 0 Å². The van der Waals surface area contributed by atoms with Crippen molar-refractivity contribution < 1.29 is 4.74 Å². The van der Waals surface area contributed by atoms with Gasteiger partial charge >= 0.3 is 0 Å². The second-order valence-electron chi connectivity index (χ2n) is 5.06. The molecule has 0 aliphatic carbocycles. The zero-order chi connectivity index (χ0) is 13.2. The van der Waals surface area contributed by atoms with Gasteiger partial charge in [0, 0.05) is 17.5 Å². The van der Waals surface area contributed by atoms with E-state index in [2.05, 4.69) is 40.4 Å². The molecule has 3 unspecified atom stereocenters. The first-order valence-electron chi connectivity index (χ1n) is 6.58. The Morgan fingerprint density at radius 1 is 1.42 bits per heavy atom. The van der Waals surface area contributed by atoms with Crippen molar-refractivity contribution in [3.63, 3.8) is 0 Å². The van der Waals surface area contributed by atoms with Gasteiger partial charge in [0.05, 0.1) is 12.6 Å². The van der Waals surface area contributed by atoms with Crippen LogP contribution in [0.2, 0.25) is 0 Å². The quantitative estimate of drug-likeness (QED) is 0.886. The largest absolute Gasteiger partial charge is 0.493 e. The van der Waals surface area contributed by atoms with Crippen LogP contribution in [0.5, 0.6) is 5.75 Å². The Hall–Kier alpha value is -1.88. The van der Waals surface area contributed by atoms with Crippen LogP contribution in [0.3, 0.4) is 0 Å². The monoisotopic (exact) mass is 258 g/mol. The summed E-state index contributed by atoms with van der Waals surface area (Å²) >= 11 is 0. The highest BCUT2D eigenvalue weighted by atomic mass is 16.5. The number of para-hydroxylation sites is 1. The molecule has 0 saturated carbocycles. The third-order valence-electron chi connectivity index (χ3n) is 3.60. The Balaban J connectivity index is 1.84. The smallest absolute Gasteiger partial charge is 0.141 e. The lowest BCUT2D eigenvalue weighted by Crippen LogP contribution is -2.35. The average Bonchev–Trinajstić information content (AvgIpc) is 2.96. The molecule has 5 nitrogen and oxygen atoms in total. The van der Waals surface area contributed by atoms with Crippen LogP contribution < -0.4 is 10.1 Å². The predicted molar refractivity (Wildman–Crippen MR) is 71.8 cm³/mol. The van der Waals surface area contributed by atoms with E-state index in [1.165, 1.54) is 11.9 Å². The van der Waals surface area contributed by atoms with Crippen LogP contribution in [0, 0.1) is 5.92 Å². The summed E-state index contributed by atoms with van der Waals surface area (Å²) in [5.74, 6) is 2.25. The second kappa shape index (κ2) is 5.01. The van der Waals surface area contributed by atoms with Gasteiger partial charge in [-0.2, -0.15) is 5.10 Å². The molecule has 1 aromatic heterocycles. The maximum Gasteiger partial charge on any atom is 0.141 e. The van der Waals surface area contributed by atoms with Crippen molar-refractivity contribution in [3.8, 4) is 5.75 Å². The van der Waals surface area contributed by atoms with Crippen LogP contribution >= 0.6 is 0 Å². The number of ether oxygens (including phenoxy) is 1. The van der Waals surface area contributed by atoms with Gasteiger partial charge in [-0.25, -0.2) is 4.98 Å². The molecule has 5 heteroatoms. The standard InChI is InChI=1S/C14H18N4O/c1-9-7-19-12-6-4-3-5-11(12)13(9)17-10(2)14-15-8-16-18-14/h3-6,8-10,13,17H,7H2,1-2H3,(H,15,16,18). The molecule has 1 aliphatic heterocycles. The minimum atomic E-state index is 0.126. The average molecular weight is 258 g/mol. The summed E-state index contributed by atoms with van der Waals surface area (Å²) in [4.78, 5) is 4.20. The minimum absolute atomic E-state index is 0.126. The Labute approximate surface area is 112 Å². The van der Waals surface area contributed by atoms with Crippen molar-refractivity contribution in [3.05, 3.63) is 42.0 Å². The lowest BCUT2D eigenvalue weighted by atomic mass is 9.91. The lowest BCUT2D eigenvalue weighted by molar-refractivity contribution is 0.181. The Morgan fingerprint density at radius 2 is 2.26 bits per heavy atom. The lowest BCUT2D eigenvalue weighted by Gasteiger charge is -2.33. The second-order valence-corrected chi connectivity index (χ2v) is 5.06. The summed E-state index contributed by atoms with van der Waals surface area (Å²) < 4.78 is 5.76. The summed E-state index contributed by atoms with van der Waals surface area (Å²) in [7, 11) is 0. The zero-order valence-electron chi connectivity index (χ0n) is 11.1.